The van der Waals surface area contributed by atoms with E-state index < -0.39 is 0 Å². The van der Waals surface area contributed by atoms with Gasteiger partial charge in [0.15, 0.2) is 0 Å². The van der Waals surface area contributed by atoms with Crippen LogP contribution in [0.4, 0.5) is 10.1 Å². The van der Waals surface area contributed by atoms with E-state index in [2.05, 4.69) is 17.6 Å². The molecule has 1 N–H and O–H groups in total. The summed E-state index contributed by atoms with van der Waals surface area (Å²) in [5.41, 5.74) is 2.19. The van der Waals surface area contributed by atoms with Gasteiger partial charge >= 0.3 is 0 Å². The van der Waals surface area contributed by atoms with Gasteiger partial charge in [0.2, 0.25) is 0 Å². The van der Waals surface area contributed by atoms with E-state index in [1.54, 1.807) is 23.5 Å². The topological polar surface area (TPSA) is 12.0 Å². The highest BCUT2D eigenvalue weighted by atomic mass is 32.1. The first-order valence-corrected chi connectivity index (χ1v) is 5.74. The first-order valence-electron chi connectivity index (χ1n) is 4.80. The Labute approximate surface area is 92.6 Å². The van der Waals surface area contributed by atoms with Crippen molar-refractivity contribution in [2.45, 2.75) is 13.0 Å². The van der Waals surface area contributed by atoms with E-state index in [1.807, 2.05) is 11.4 Å². The van der Waals surface area contributed by atoms with Crippen LogP contribution in [-0.4, -0.2) is 0 Å². The summed E-state index contributed by atoms with van der Waals surface area (Å²) in [6.45, 7) is 2.06. The molecule has 0 radical (unpaired) electrons. The molecule has 0 saturated heterocycles. The molecule has 1 nitrogen and oxygen atoms in total. The average Bonchev–Trinajstić information content (AvgIpc) is 2.71. The molecule has 0 spiro atoms. The summed E-state index contributed by atoms with van der Waals surface area (Å²) in [4.78, 5) is 0. The fraction of sp³-hybridized carbons (Fsp3) is 0.167. The number of rotatable bonds is 3. The van der Waals surface area contributed by atoms with E-state index in [1.165, 1.54) is 12.1 Å². The number of halogens is 1. The molecule has 1 aromatic heterocycles. The highest BCUT2D eigenvalue weighted by Crippen LogP contribution is 2.20. The smallest absolute Gasteiger partial charge is 0.123 e. The normalized spacial score (nSPS) is 12.4. The predicted octanol–water partition coefficient (Wildman–Crippen LogP) is 4.06. The molecule has 0 aliphatic rings. The Hall–Kier alpha value is -1.35. The largest absolute Gasteiger partial charge is 0.378 e. The van der Waals surface area contributed by atoms with Gasteiger partial charge in [-0.2, -0.15) is 11.3 Å². The minimum Gasteiger partial charge on any atom is -0.378 e. The molecule has 0 aliphatic heterocycles. The molecular weight excluding hydrogens is 209 g/mol. The standard InChI is InChI=1S/C12H12FNS/c1-9(14-12-6-7-15-8-12)10-2-4-11(13)5-3-10/h2-9,14H,1H3. The second-order valence-corrected chi connectivity index (χ2v) is 4.21. The molecule has 1 atom stereocenters. The predicted molar refractivity (Wildman–Crippen MR) is 62.8 cm³/mol. The van der Waals surface area contributed by atoms with Gasteiger partial charge in [-0.25, -0.2) is 4.39 Å². The van der Waals surface area contributed by atoms with Gasteiger partial charge in [-0.05, 0) is 36.1 Å². The van der Waals surface area contributed by atoms with E-state index in [0.717, 1.165) is 11.3 Å². The fourth-order valence-corrected chi connectivity index (χ4v) is 2.03. The summed E-state index contributed by atoms with van der Waals surface area (Å²) in [7, 11) is 0. The molecule has 15 heavy (non-hydrogen) atoms. The minimum absolute atomic E-state index is 0.193. The Balaban J connectivity index is 2.08. The third-order valence-corrected chi connectivity index (χ3v) is 2.96. The Morgan fingerprint density at radius 2 is 1.93 bits per heavy atom. The van der Waals surface area contributed by atoms with Gasteiger partial charge in [-0.15, -0.1) is 0 Å². The van der Waals surface area contributed by atoms with Gasteiger partial charge < -0.3 is 5.32 Å². The lowest BCUT2D eigenvalue weighted by molar-refractivity contribution is 0.626. The number of benzene rings is 1. The van der Waals surface area contributed by atoms with Gasteiger partial charge in [-0.3, -0.25) is 0 Å². The van der Waals surface area contributed by atoms with Crippen LogP contribution in [0.2, 0.25) is 0 Å². The van der Waals surface area contributed by atoms with Crippen LogP contribution in [0.3, 0.4) is 0 Å². The van der Waals surface area contributed by atoms with Crippen molar-refractivity contribution in [3.63, 3.8) is 0 Å². The molecule has 0 bridgehead atoms. The van der Waals surface area contributed by atoms with Crippen LogP contribution in [0, 0.1) is 5.82 Å². The maximum absolute atomic E-state index is 12.7. The summed E-state index contributed by atoms with van der Waals surface area (Å²) in [5.74, 6) is -0.193. The SMILES string of the molecule is CC(Nc1ccsc1)c1ccc(F)cc1. The van der Waals surface area contributed by atoms with Crippen LogP contribution in [0.1, 0.15) is 18.5 Å². The van der Waals surface area contributed by atoms with Gasteiger partial charge in [-0.1, -0.05) is 12.1 Å². The van der Waals surface area contributed by atoms with Crippen LogP contribution in [0.15, 0.2) is 41.1 Å². The summed E-state index contributed by atoms with van der Waals surface area (Å²) >= 11 is 1.66. The molecule has 78 valence electrons. The Bertz CT molecular complexity index is 408. The lowest BCUT2D eigenvalue weighted by Gasteiger charge is -2.14. The molecule has 1 heterocycles. The second kappa shape index (κ2) is 4.45. The molecule has 2 aromatic rings. The van der Waals surface area contributed by atoms with Crippen LogP contribution in [0.25, 0.3) is 0 Å². The zero-order valence-electron chi connectivity index (χ0n) is 8.41. The lowest BCUT2D eigenvalue weighted by atomic mass is 10.1. The Morgan fingerprint density at radius 1 is 1.20 bits per heavy atom. The maximum Gasteiger partial charge on any atom is 0.123 e. The second-order valence-electron chi connectivity index (χ2n) is 3.43. The monoisotopic (exact) mass is 221 g/mol. The molecule has 3 heteroatoms. The Kier molecular flexibility index (Phi) is 3.02. The van der Waals surface area contributed by atoms with Gasteiger partial charge in [0.05, 0.1) is 0 Å². The number of nitrogens with one attached hydrogen (secondary N) is 1. The van der Waals surface area contributed by atoms with Crippen molar-refractivity contribution >= 4 is 17.0 Å². The van der Waals surface area contributed by atoms with Crippen LogP contribution in [-0.2, 0) is 0 Å². The average molecular weight is 221 g/mol. The first kappa shape index (κ1) is 10.2. The summed E-state index contributed by atoms with van der Waals surface area (Å²) in [6, 6.07) is 8.81. The third-order valence-electron chi connectivity index (χ3n) is 2.27. The Morgan fingerprint density at radius 3 is 2.53 bits per heavy atom. The summed E-state index contributed by atoms with van der Waals surface area (Å²) < 4.78 is 12.7. The molecule has 0 fully saturated rings. The molecule has 0 amide bonds. The minimum atomic E-state index is -0.193. The number of anilines is 1. The fourth-order valence-electron chi connectivity index (χ4n) is 1.43. The van der Waals surface area contributed by atoms with E-state index in [9.17, 15) is 4.39 Å². The highest BCUT2D eigenvalue weighted by molar-refractivity contribution is 7.08. The number of hydrogen-bond donors (Lipinski definition) is 1. The van der Waals surface area contributed by atoms with Crippen molar-refractivity contribution in [1.82, 2.24) is 0 Å². The van der Waals surface area contributed by atoms with Crippen molar-refractivity contribution in [3.05, 3.63) is 52.5 Å². The van der Waals surface area contributed by atoms with E-state index in [0.29, 0.717) is 0 Å². The molecule has 1 aromatic carbocycles. The van der Waals surface area contributed by atoms with Gasteiger partial charge in [0, 0.05) is 17.1 Å². The number of thiophene rings is 1. The van der Waals surface area contributed by atoms with Crippen LogP contribution >= 0.6 is 11.3 Å². The molecule has 0 aliphatic carbocycles. The zero-order valence-corrected chi connectivity index (χ0v) is 9.22. The maximum atomic E-state index is 12.7. The quantitative estimate of drug-likeness (QED) is 0.824. The van der Waals surface area contributed by atoms with Crippen molar-refractivity contribution in [2.75, 3.05) is 5.32 Å². The third kappa shape index (κ3) is 2.57. The van der Waals surface area contributed by atoms with Crippen molar-refractivity contribution < 1.29 is 4.39 Å². The van der Waals surface area contributed by atoms with Crippen molar-refractivity contribution in [1.29, 1.82) is 0 Å². The lowest BCUT2D eigenvalue weighted by Crippen LogP contribution is -2.05. The summed E-state index contributed by atoms with van der Waals surface area (Å²) in [5, 5.41) is 7.43. The van der Waals surface area contributed by atoms with E-state index in [-0.39, 0.29) is 11.9 Å². The highest BCUT2D eigenvalue weighted by Gasteiger charge is 2.04. The molecule has 0 saturated carbocycles. The van der Waals surface area contributed by atoms with Crippen molar-refractivity contribution in [2.24, 2.45) is 0 Å². The molecule has 1 unspecified atom stereocenters. The number of hydrogen-bond acceptors (Lipinski definition) is 2. The first-order chi connectivity index (χ1) is 7.25. The summed E-state index contributed by atoms with van der Waals surface area (Å²) in [6.07, 6.45) is 0. The van der Waals surface area contributed by atoms with Gasteiger partial charge in [0.25, 0.3) is 0 Å². The van der Waals surface area contributed by atoms with Crippen LogP contribution < -0.4 is 5.32 Å². The molecular formula is C12H12FNS. The zero-order chi connectivity index (χ0) is 10.7. The van der Waals surface area contributed by atoms with Crippen LogP contribution in [0.5, 0.6) is 0 Å². The van der Waals surface area contributed by atoms with Gasteiger partial charge in [0.1, 0.15) is 5.82 Å². The van der Waals surface area contributed by atoms with E-state index >= 15 is 0 Å². The molecule has 2 rings (SSSR count). The van der Waals surface area contributed by atoms with E-state index in [4.69, 9.17) is 0 Å². The van der Waals surface area contributed by atoms with Crippen molar-refractivity contribution in [3.8, 4) is 0 Å².